The van der Waals surface area contributed by atoms with E-state index in [1.54, 1.807) is 23.7 Å². The van der Waals surface area contributed by atoms with Gasteiger partial charge in [-0.05, 0) is 26.3 Å². The van der Waals surface area contributed by atoms with Crippen LogP contribution >= 0.6 is 11.3 Å². The van der Waals surface area contributed by atoms with Gasteiger partial charge in [0.05, 0.1) is 24.3 Å². The molecule has 2 atom stereocenters. The minimum atomic E-state index is 0.393. The molecule has 1 aliphatic rings. The van der Waals surface area contributed by atoms with E-state index in [0.29, 0.717) is 12.1 Å². The fourth-order valence-electron chi connectivity index (χ4n) is 2.91. The lowest BCUT2D eigenvalue weighted by molar-refractivity contribution is 0.388. The molecule has 6 nitrogen and oxygen atoms in total. The number of hydrogen-bond donors (Lipinski definition) is 2. The van der Waals surface area contributed by atoms with Crippen molar-refractivity contribution in [2.45, 2.75) is 31.8 Å². The lowest BCUT2D eigenvalue weighted by atomic mass is 10.00. The van der Waals surface area contributed by atoms with Crippen molar-refractivity contribution in [1.29, 1.82) is 0 Å². The van der Waals surface area contributed by atoms with E-state index < -0.39 is 0 Å². The number of aromatic nitrogens is 4. The molecule has 1 fully saturated rings. The van der Waals surface area contributed by atoms with Crippen LogP contribution in [0.3, 0.4) is 0 Å². The average molecular weight is 314 g/mol. The van der Waals surface area contributed by atoms with Crippen LogP contribution in [0, 0.1) is 0 Å². The molecule has 0 aromatic carbocycles. The molecule has 3 aromatic heterocycles. The smallest absolute Gasteiger partial charge is 0.194 e. The number of rotatable bonds is 3. The second kappa shape index (κ2) is 5.66. The molecule has 22 heavy (non-hydrogen) atoms. The molecule has 0 radical (unpaired) electrons. The van der Waals surface area contributed by atoms with Crippen molar-refractivity contribution >= 4 is 22.1 Å². The Kier molecular flexibility index (Phi) is 3.51. The molecule has 0 bridgehead atoms. The lowest BCUT2D eigenvalue weighted by Gasteiger charge is -2.30. The highest BCUT2D eigenvalue weighted by Crippen LogP contribution is 2.22. The topological polar surface area (TPSA) is 67.1 Å². The minimum Gasteiger partial charge on any atom is -0.364 e. The lowest BCUT2D eigenvalue weighted by Crippen LogP contribution is -2.46. The van der Waals surface area contributed by atoms with Gasteiger partial charge in [-0.25, -0.2) is 9.97 Å². The van der Waals surface area contributed by atoms with Crippen LogP contribution in [-0.2, 0) is 0 Å². The molecule has 0 unspecified atom stereocenters. The monoisotopic (exact) mass is 314 g/mol. The highest BCUT2D eigenvalue weighted by Gasteiger charge is 2.21. The molecule has 3 aromatic rings. The Balaban J connectivity index is 1.62. The molecular weight excluding hydrogens is 296 g/mol. The molecule has 2 N–H and O–H groups in total. The largest absolute Gasteiger partial charge is 0.364 e. The third kappa shape index (κ3) is 2.46. The first-order valence-electron chi connectivity index (χ1n) is 7.54. The molecular formula is C15H18N6S. The zero-order valence-corrected chi connectivity index (χ0v) is 13.2. The molecule has 1 saturated heterocycles. The van der Waals surface area contributed by atoms with Crippen LogP contribution in [0.4, 0.5) is 5.82 Å². The number of imidazole rings is 1. The van der Waals surface area contributed by atoms with E-state index in [4.69, 9.17) is 4.98 Å². The second-order valence-corrected chi connectivity index (χ2v) is 6.50. The van der Waals surface area contributed by atoms with Crippen molar-refractivity contribution in [3.05, 3.63) is 30.2 Å². The Morgan fingerprint density at radius 3 is 3.23 bits per heavy atom. The molecule has 0 aliphatic carbocycles. The van der Waals surface area contributed by atoms with E-state index in [1.807, 2.05) is 22.2 Å². The van der Waals surface area contributed by atoms with E-state index in [-0.39, 0.29) is 0 Å². The first-order chi connectivity index (χ1) is 10.8. The molecule has 0 spiro atoms. The van der Waals surface area contributed by atoms with Gasteiger partial charge in [0.25, 0.3) is 0 Å². The quantitative estimate of drug-likeness (QED) is 0.777. The maximum absolute atomic E-state index is 4.72. The van der Waals surface area contributed by atoms with E-state index in [2.05, 4.69) is 27.5 Å². The van der Waals surface area contributed by atoms with Crippen molar-refractivity contribution in [3.63, 3.8) is 0 Å². The summed E-state index contributed by atoms with van der Waals surface area (Å²) in [6.07, 6.45) is 9.78. The Morgan fingerprint density at radius 1 is 1.36 bits per heavy atom. The highest BCUT2D eigenvalue weighted by molar-refractivity contribution is 7.15. The van der Waals surface area contributed by atoms with Gasteiger partial charge in [0.15, 0.2) is 4.96 Å². The second-order valence-electron chi connectivity index (χ2n) is 5.62. The summed E-state index contributed by atoms with van der Waals surface area (Å²) in [6, 6.07) is 0.836. The van der Waals surface area contributed by atoms with E-state index in [1.165, 1.54) is 6.42 Å². The molecule has 4 rings (SSSR count). The van der Waals surface area contributed by atoms with Crippen molar-refractivity contribution in [2.24, 2.45) is 0 Å². The number of thiazole rings is 1. The fraction of sp³-hybridized carbons (Fsp3) is 0.400. The van der Waals surface area contributed by atoms with Crippen LogP contribution in [0.1, 0.15) is 19.8 Å². The zero-order valence-electron chi connectivity index (χ0n) is 12.4. The molecule has 1 aliphatic heterocycles. The van der Waals surface area contributed by atoms with Gasteiger partial charge in [0, 0.05) is 23.7 Å². The molecule has 114 valence electrons. The Bertz CT molecular complexity index is 779. The van der Waals surface area contributed by atoms with Gasteiger partial charge < -0.3 is 10.6 Å². The van der Waals surface area contributed by atoms with Crippen LogP contribution < -0.4 is 10.6 Å². The average Bonchev–Trinajstić information content (AvgIpc) is 3.13. The van der Waals surface area contributed by atoms with Crippen molar-refractivity contribution in [1.82, 2.24) is 24.7 Å². The van der Waals surface area contributed by atoms with Crippen molar-refractivity contribution < 1.29 is 0 Å². The van der Waals surface area contributed by atoms with Crippen LogP contribution in [0.5, 0.6) is 0 Å². The van der Waals surface area contributed by atoms with Gasteiger partial charge in [-0.15, -0.1) is 11.3 Å². The van der Waals surface area contributed by atoms with Gasteiger partial charge in [-0.3, -0.25) is 9.38 Å². The summed E-state index contributed by atoms with van der Waals surface area (Å²) in [5.41, 5.74) is 1.81. The molecule has 0 saturated carbocycles. The Hall–Kier alpha value is -1.99. The summed E-state index contributed by atoms with van der Waals surface area (Å²) in [6.45, 7) is 3.30. The van der Waals surface area contributed by atoms with Gasteiger partial charge in [-0.2, -0.15) is 0 Å². The number of hydrogen-bond acceptors (Lipinski definition) is 6. The third-order valence-corrected chi connectivity index (χ3v) is 4.91. The van der Waals surface area contributed by atoms with E-state index in [9.17, 15) is 0 Å². The Morgan fingerprint density at radius 2 is 2.32 bits per heavy atom. The molecule has 7 heteroatoms. The number of fused-ring (bicyclic) bond motifs is 1. The standard InChI is InChI=1S/C15H18N6S/c1-10-11(3-2-4-17-10)19-14-9-16-7-12(20-14)13-8-18-15-21(13)5-6-22-15/h5-11,17H,2-4H2,1H3,(H,19,20)/t10-,11-/m0/s1. The summed E-state index contributed by atoms with van der Waals surface area (Å²) < 4.78 is 2.04. The highest BCUT2D eigenvalue weighted by atomic mass is 32.1. The van der Waals surface area contributed by atoms with E-state index >= 15 is 0 Å². The number of anilines is 1. The summed E-state index contributed by atoms with van der Waals surface area (Å²) in [5.74, 6) is 0.822. The van der Waals surface area contributed by atoms with Gasteiger partial charge in [-0.1, -0.05) is 0 Å². The first kappa shape index (κ1) is 13.7. The van der Waals surface area contributed by atoms with Crippen LogP contribution in [-0.4, -0.2) is 38.0 Å². The number of nitrogens with zero attached hydrogens (tertiary/aromatic N) is 4. The van der Waals surface area contributed by atoms with Crippen LogP contribution in [0.25, 0.3) is 16.3 Å². The maximum Gasteiger partial charge on any atom is 0.194 e. The number of nitrogens with one attached hydrogen (secondary N) is 2. The minimum absolute atomic E-state index is 0.393. The summed E-state index contributed by atoms with van der Waals surface area (Å²) >= 11 is 1.62. The zero-order chi connectivity index (χ0) is 14.9. The van der Waals surface area contributed by atoms with Gasteiger partial charge >= 0.3 is 0 Å². The predicted octanol–water partition coefficient (Wildman–Crippen LogP) is 2.41. The molecule has 4 heterocycles. The van der Waals surface area contributed by atoms with Gasteiger partial charge in [0.1, 0.15) is 11.5 Å². The maximum atomic E-state index is 4.72. The normalized spacial score (nSPS) is 22.0. The number of piperidine rings is 1. The Labute approximate surface area is 132 Å². The summed E-state index contributed by atoms with van der Waals surface area (Å²) in [4.78, 5) is 14.4. The fourth-order valence-corrected chi connectivity index (χ4v) is 3.60. The van der Waals surface area contributed by atoms with Gasteiger partial charge in [0.2, 0.25) is 0 Å². The predicted molar refractivity (Wildman–Crippen MR) is 88.2 cm³/mol. The molecule has 0 amide bonds. The van der Waals surface area contributed by atoms with E-state index in [0.717, 1.165) is 35.1 Å². The van der Waals surface area contributed by atoms with Crippen molar-refractivity contribution in [2.75, 3.05) is 11.9 Å². The first-order valence-corrected chi connectivity index (χ1v) is 8.42. The summed E-state index contributed by atoms with van der Waals surface area (Å²) in [5, 5.41) is 9.03. The van der Waals surface area contributed by atoms with Crippen molar-refractivity contribution in [3.8, 4) is 11.4 Å². The van der Waals surface area contributed by atoms with Crippen LogP contribution in [0.15, 0.2) is 30.2 Å². The third-order valence-electron chi connectivity index (χ3n) is 4.14. The van der Waals surface area contributed by atoms with Crippen LogP contribution in [0.2, 0.25) is 0 Å². The SMILES string of the molecule is C[C@@H]1NCCC[C@@H]1Nc1cncc(-c2cnc3sccn23)n1. The summed E-state index contributed by atoms with van der Waals surface area (Å²) in [7, 11) is 0.